The van der Waals surface area contributed by atoms with Crippen LogP contribution in [0.15, 0.2) is 36.4 Å². The molecule has 128 valence electrons. The van der Waals surface area contributed by atoms with Gasteiger partial charge in [0.25, 0.3) is 5.91 Å². The number of nitrogens with one attached hydrogen (secondary N) is 1. The minimum atomic E-state index is -3.81. The predicted molar refractivity (Wildman–Crippen MR) is 89.5 cm³/mol. The van der Waals surface area contributed by atoms with E-state index in [0.717, 1.165) is 24.0 Å². The topological polar surface area (TPSA) is 72.5 Å². The van der Waals surface area contributed by atoms with Crippen molar-refractivity contribution in [2.45, 2.75) is 6.61 Å². The lowest BCUT2D eigenvalue weighted by Gasteiger charge is -2.11. The van der Waals surface area contributed by atoms with E-state index in [1.807, 2.05) is 0 Å². The summed E-state index contributed by atoms with van der Waals surface area (Å²) in [5.41, 5.74) is 0.291. The lowest BCUT2D eigenvalue weighted by atomic mass is 10.2. The average Bonchev–Trinajstić information content (AvgIpc) is 2.47. The van der Waals surface area contributed by atoms with Gasteiger partial charge in [-0.05, 0) is 23.8 Å². The predicted octanol–water partition coefficient (Wildman–Crippen LogP) is 3.40. The van der Waals surface area contributed by atoms with Crippen molar-refractivity contribution in [3.63, 3.8) is 0 Å². The molecule has 0 heterocycles. The van der Waals surface area contributed by atoms with Gasteiger partial charge in [-0.3, -0.25) is 4.79 Å². The van der Waals surface area contributed by atoms with Crippen LogP contribution in [0.5, 0.6) is 5.75 Å². The molecule has 0 saturated heterocycles. The molecule has 0 aromatic heterocycles. The Bertz CT molecular complexity index is 870. The second-order valence-electron chi connectivity index (χ2n) is 4.88. The van der Waals surface area contributed by atoms with Crippen LogP contribution in [0.1, 0.15) is 15.9 Å². The zero-order chi connectivity index (χ0) is 17.9. The SMILES string of the molecule is CS(=O)(=O)NC(=O)c1cc(Cl)c(OCc2ccc(Cl)cc2)cc1F. The molecule has 0 radical (unpaired) electrons. The summed E-state index contributed by atoms with van der Waals surface area (Å²) in [4.78, 5) is 11.7. The van der Waals surface area contributed by atoms with Crippen LogP contribution in [-0.4, -0.2) is 20.6 Å². The molecule has 0 aliphatic rings. The second kappa shape index (κ2) is 7.38. The van der Waals surface area contributed by atoms with Crippen LogP contribution < -0.4 is 9.46 Å². The summed E-state index contributed by atoms with van der Waals surface area (Å²) in [5, 5.41) is 0.549. The molecule has 2 aromatic carbocycles. The van der Waals surface area contributed by atoms with Crippen LogP contribution >= 0.6 is 23.2 Å². The highest BCUT2D eigenvalue weighted by atomic mass is 35.5. The number of carbonyl (C=O) groups excluding carboxylic acids is 1. The lowest BCUT2D eigenvalue weighted by molar-refractivity contribution is 0.0977. The van der Waals surface area contributed by atoms with Crippen molar-refractivity contribution in [3.05, 3.63) is 63.4 Å². The molecule has 0 fully saturated rings. The van der Waals surface area contributed by atoms with E-state index >= 15 is 0 Å². The van der Waals surface area contributed by atoms with Crippen LogP contribution in [0.2, 0.25) is 10.0 Å². The van der Waals surface area contributed by atoms with Crippen molar-refractivity contribution in [2.24, 2.45) is 0 Å². The third-order valence-corrected chi connectivity index (χ3v) is 3.96. The number of sulfonamides is 1. The van der Waals surface area contributed by atoms with Gasteiger partial charge < -0.3 is 4.74 Å². The molecule has 0 saturated carbocycles. The van der Waals surface area contributed by atoms with E-state index in [-0.39, 0.29) is 17.4 Å². The highest BCUT2D eigenvalue weighted by molar-refractivity contribution is 7.89. The summed E-state index contributed by atoms with van der Waals surface area (Å²) in [6.45, 7) is 0.116. The fourth-order valence-corrected chi connectivity index (χ4v) is 2.57. The Kier molecular flexibility index (Phi) is 5.69. The van der Waals surface area contributed by atoms with Gasteiger partial charge in [-0.1, -0.05) is 35.3 Å². The third kappa shape index (κ3) is 5.09. The molecule has 9 heteroatoms. The van der Waals surface area contributed by atoms with Crippen molar-refractivity contribution >= 4 is 39.1 Å². The molecule has 0 aliphatic heterocycles. The van der Waals surface area contributed by atoms with Crippen LogP contribution in [0.3, 0.4) is 0 Å². The van der Waals surface area contributed by atoms with Crippen LogP contribution in [-0.2, 0) is 16.6 Å². The molecule has 24 heavy (non-hydrogen) atoms. The first-order valence-corrected chi connectivity index (χ1v) is 9.19. The number of rotatable bonds is 5. The Morgan fingerprint density at radius 3 is 2.42 bits per heavy atom. The third-order valence-electron chi connectivity index (χ3n) is 2.85. The van der Waals surface area contributed by atoms with E-state index < -0.39 is 27.3 Å². The van der Waals surface area contributed by atoms with Gasteiger partial charge in [-0.15, -0.1) is 0 Å². The van der Waals surface area contributed by atoms with Gasteiger partial charge in [0.1, 0.15) is 18.2 Å². The molecule has 1 amide bonds. The molecular formula is C15H12Cl2FNO4S. The highest BCUT2D eigenvalue weighted by Gasteiger charge is 2.18. The van der Waals surface area contributed by atoms with Crippen molar-refractivity contribution in [3.8, 4) is 5.75 Å². The number of hydrogen-bond donors (Lipinski definition) is 1. The number of hydrogen-bond acceptors (Lipinski definition) is 4. The van der Waals surface area contributed by atoms with E-state index in [9.17, 15) is 17.6 Å². The van der Waals surface area contributed by atoms with E-state index in [2.05, 4.69) is 0 Å². The lowest BCUT2D eigenvalue weighted by Crippen LogP contribution is -2.30. The normalized spacial score (nSPS) is 11.2. The van der Waals surface area contributed by atoms with E-state index in [1.165, 1.54) is 0 Å². The zero-order valence-electron chi connectivity index (χ0n) is 12.3. The largest absolute Gasteiger partial charge is 0.487 e. The van der Waals surface area contributed by atoms with Crippen molar-refractivity contribution in [2.75, 3.05) is 6.26 Å². The number of ether oxygens (including phenoxy) is 1. The Morgan fingerprint density at radius 1 is 1.21 bits per heavy atom. The Hall–Kier alpha value is -1.83. The fourth-order valence-electron chi connectivity index (χ4n) is 1.78. The zero-order valence-corrected chi connectivity index (χ0v) is 14.7. The van der Waals surface area contributed by atoms with Gasteiger partial charge in [0.2, 0.25) is 10.0 Å². The molecule has 5 nitrogen and oxygen atoms in total. The smallest absolute Gasteiger partial charge is 0.267 e. The summed E-state index contributed by atoms with van der Waals surface area (Å²) in [6, 6.07) is 8.77. The number of benzene rings is 2. The maximum absolute atomic E-state index is 14.0. The minimum absolute atomic E-state index is 0.0241. The molecule has 0 bridgehead atoms. The Morgan fingerprint density at radius 2 is 1.83 bits per heavy atom. The Labute approximate surface area is 148 Å². The van der Waals surface area contributed by atoms with Crippen molar-refractivity contribution in [1.29, 1.82) is 0 Å². The molecule has 0 aliphatic carbocycles. The first kappa shape index (κ1) is 18.5. The summed E-state index contributed by atoms with van der Waals surface area (Å²) in [6.07, 6.45) is 0.786. The van der Waals surface area contributed by atoms with Gasteiger partial charge in [0, 0.05) is 11.1 Å². The van der Waals surface area contributed by atoms with Crippen LogP contribution in [0.4, 0.5) is 4.39 Å². The van der Waals surface area contributed by atoms with Crippen LogP contribution in [0.25, 0.3) is 0 Å². The quantitative estimate of drug-likeness (QED) is 0.847. The molecule has 2 rings (SSSR count). The second-order valence-corrected chi connectivity index (χ2v) is 7.47. The monoisotopic (exact) mass is 391 g/mol. The number of carbonyl (C=O) groups is 1. The summed E-state index contributed by atoms with van der Waals surface area (Å²) in [5.74, 6) is -2.03. The number of amides is 1. The fraction of sp³-hybridized carbons (Fsp3) is 0.133. The number of halogens is 3. The van der Waals surface area contributed by atoms with E-state index in [0.29, 0.717) is 5.02 Å². The first-order chi connectivity index (χ1) is 11.2. The van der Waals surface area contributed by atoms with Gasteiger partial charge in [-0.25, -0.2) is 17.5 Å². The van der Waals surface area contributed by atoms with E-state index in [1.54, 1.807) is 29.0 Å². The summed E-state index contributed by atoms with van der Waals surface area (Å²) >= 11 is 11.7. The van der Waals surface area contributed by atoms with E-state index in [4.69, 9.17) is 27.9 Å². The van der Waals surface area contributed by atoms with Crippen molar-refractivity contribution < 1.29 is 22.3 Å². The van der Waals surface area contributed by atoms with Crippen LogP contribution in [0, 0.1) is 5.82 Å². The van der Waals surface area contributed by atoms with Gasteiger partial charge >= 0.3 is 0 Å². The Balaban J connectivity index is 2.17. The molecule has 2 aromatic rings. The maximum atomic E-state index is 14.0. The van der Waals surface area contributed by atoms with Gasteiger partial charge in [-0.2, -0.15) is 0 Å². The first-order valence-electron chi connectivity index (χ1n) is 6.54. The van der Waals surface area contributed by atoms with Gasteiger partial charge in [0.15, 0.2) is 0 Å². The standard InChI is InChI=1S/C15H12Cl2FNO4S/c1-24(21,22)19-15(20)11-6-12(17)14(7-13(11)18)23-8-9-2-4-10(16)5-3-9/h2-7H,8H2,1H3,(H,19,20). The molecule has 0 spiro atoms. The average molecular weight is 392 g/mol. The molecule has 1 N–H and O–H groups in total. The van der Waals surface area contributed by atoms with Gasteiger partial charge in [0.05, 0.1) is 16.8 Å². The molecular weight excluding hydrogens is 380 g/mol. The minimum Gasteiger partial charge on any atom is -0.487 e. The summed E-state index contributed by atoms with van der Waals surface area (Å²) in [7, 11) is -3.81. The molecule has 0 atom stereocenters. The molecule has 0 unspecified atom stereocenters. The summed E-state index contributed by atoms with van der Waals surface area (Å²) < 4.78 is 43.2. The highest BCUT2D eigenvalue weighted by Crippen LogP contribution is 2.28. The maximum Gasteiger partial charge on any atom is 0.267 e. The van der Waals surface area contributed by atoms with Crippen molar-refractivity contribution in [1.82, 2.24) is 4.72 Å².